The summed E-state index contributed by atoms with van der Waals surface area (Å²) in [6.07, 6.45) is 0. The molecule has 0 aliphatic heterocycles. The minimum absolute atomic E-state index is 0.327. The maximum absolute atomic E-state index is 12.5. The zero-order valence-corrected chi connectivity index (χ0v) is 17.8. The molecule has 3 aromatic carbocycles. The van der Waals surface area contributed by atoms with Gasteiger partial charge in [0, 0.05) is 15.7 Å². The summed E-state index contributed by atoms with van der Waals surface area (Å²) in [6.45, 7) is -0.153. The van der Waals surface area contributed by atoms with E-state index in [1.54, 1.807) is 12.1 Å². The summed E-state index contributed by atoms with van der Waals surface area (Å²) in [4.78, 5) is 24.8. The van der Waals surface area contributed by atoms with E-state index in [4.69, 9.17) is 0 Å². The summed E-state index contributed by atoms with van der Waals surface area (Å²) < 4.78 is 1.07. The molecule has 0 radical (unpaired) electrons. The lowest BCUT2D eigenvalue weighted by atomic mass is 10.0. The SMILES string of the molecule is O=C(NC(CO)C(=O)NCc1cccc(I)c1)c1ccc(-c2ccccc2)cc1. The second-order valence-electron chi connectivity index (χ2n) is 6.50. The van der Waals surface area contributed by atoms with Gasteiger partial charge >= 0.3 is 0 Å². The van der Waals surface area contributed by atoms with Gasteiger partial charge in [0.25, 0.3) is 5.91 Å². The molecule has 0 saturated heterocycles. The first-order valence-corrected chi connectivity index (χ1v) is 10.2. The maximum Gasteiger partial charge on any atom is 0.251 e. The van der Waals surface area contributed by atoms with E-state index in [2.05, 4.69) is 33.2 Å². The Morgan fingerprint density at radius 2 is 1.59 bits per heavy atom. The van der Waals surface area contributed by atoms with Gasteiger partial charge in [-0.25, -0.2) is 0 Å². The van der Waals surface area contributed by atoms with Gasteiger partial charge in [-0.15, -0.1) is 0 Å². The van der Waals surface area contributed by atoms with E-state index in [9.17, 15) is 14.7 Å². The molecule has 3 aromatic rings. The highest BCUT2D eigenvalue weighted by Gasteiger charge is 2.20. The summed E-state index contributed by atoms with van der Waals surface area (Å²) in [5.74, 6) is -0.839. The Labute approximate surface area is 183 Å². The molecule has 5 nitrogen and oxygen atoms in total. The number of halogens is 1. The monoisotopic (exact) mass is 500 g/mol. The summed E-state index contributed by atoms with van der Waals surface area (Å²) in [6, 6.07) is 23.7. The zero-order chi connectivity index (χ0) is 20.6. The Morgan fingerprint density at radius 1 is 0.897 bits per heavy atom. The molecular formula is C23H21IN2O3. The predicted molar refractivity (Wildman–Crippen MR) is 121 cm³/mol. The molecule has 2 amide bonds. The molecule has 6 heteroatoms. The molecule has 0 aliphatic rings. The molecule has 0 bridgehead atoms. The number of amides is 2. The van der Waals surface area contributed by atoms with E-state index in [1.165, 1.54) is 0 Å². The maximum atomic E-state index is 12.5. The van der Waals surface area contributed by atoms with Crippen molar-refractivity contribution < 1.29 is 14.7 Å². The van der Waals surface area contributed by atoms with Crippen molar-refractivity contribution in [2.75, 3.05) is 6.61 Å². The van der Waals surface area contributed by atoms with Crippen molar-refractivity contribution in [2.45, 2.75) is 12.6 Å². The highest BCUT2D eigenvalue weighted by molar-refractivity contribution is 14.1. The number of aliphatic hydroxyl groups is 1. The van der Waals surface area contributed by atoms with Crippen LogP contribution >= 0.6 is 22.6 Å². The number of benzene rings is 3. The van der Waals surface area contributed by atoms with E-state index in [1.807, 2.05) is 66.7 Å². The van der Waals surface area contributed by atoms with Crippen LogP contribution in [0, 0.1) is 3.57 Å². The molecule has 29 heavy (non-hydrogen) atoms. The second-order valence-corrected chi connectivity index (χ2v) is 7.75. The van der Waals surface area contributed by atoms with E-state index < -0.39 is 24.5 Å². The molecule has 0 spiro atoms. The molecule has 148 valence electrons. The Kier molecular flexibility index (Phi) is 7.37. The van der Waals surface area contributed by atoms with E-state index in [0.717, 1.165) is 20.3 Å². The average Bonchev–Trinajstić information content (AvgIpc) is 2.76. The van der Waals surface area contributed by atoms with Crippen molar-refractivity contribution in [3.8, 4) is 11.1 Å². The lowest BCUT2D eigenvalue weighted by Gasteiger charge is -2.16. The van der Waals surface area contributed by atoms with E-state index >= 15 is 0 Å². The zero-order valence-electron chi connectivity index (χ0n) is 15.6. The van der Waals surface area contributed by atoms with E-state index in [0.29, 0.717) is 12.1 Å². The van der Waals surface area contributed by atoms with Gasteiger partial charge in [-0.1, -0.05) is 54.6 Å². The fraction of sp³-hybridized carbons (Fsp3) is 0.130. The number of aliphatic hydroxyl groups excluding tert-OH is 1. The molecule has 1 unspecified atom stereocenters. The fourth-order valence-corrected chi connectivity index (χ4v) is 3.45. The lowest BCUT2D eigenvalue weighted by Crippen LogP contribution is -2.48. The quantitative estimate of drug-likeness (QED) is 0.436. The van der Waals surface area contributed by atoms with Crippen LogP contribution in [0.15, 0.2) is 78.9 Å². The Bertz CT molecular complexity index is 975. The Balaban J connectivity index is 1.59. The Hall–Kier alpha value is -2.71. The van der Waals surface area contributed by atoms with Gasteiger partial charge in [-0.3, -0.25) is 9.59 Å². The van der Waals surface area contributed by atoms with Crippen molar-refractivity contribution in [3.05, 3.63) is 93.6 Å². The topological polar surface area (TPSA) is 78.4 Å². The molecule has 0 aromatic heterocycles. The highest BCUT2D eigenvalue weighted by Crippen LogP contribution is 2.19. The second kappa shape index (κ2) is 10.2. The molecule has 3 N–H and O–H groups in total. The predicted octanol–water partition coefficient (Wildman–Crippen LogP) is 3.37. The van der Waals surface area contributed by atoms with Gasteiger partial charge in [0.05, 0.1) is 6.61 Å². The van der Waals surface area contributed by atoms with Crippen LogP contribution in [0.25, 0.3) is 11.1 Å². The van der Waals surface area contributed by atoms with Crippen LogP contribution in [-0.2, 0) is 11.3 Å². The van der Waals surface area contributed by atoms with Crippen molar-refractivity contribution >= 4 is 34.4 Å². The van der Waals surface area contributed by atoms with Crippen LogP contribution in [0.1, 0.15) is 15.9 Å². The molecular weight excluding hydrogens is 479 g/mol. The number of hydrogen-bond donors (Lipinski definition) is 3. The summed E-state index contributed by atoms with van der Waals surface area (Å²) in [7, 11) is 0. The van der Waals surface area contributed by atoms with Crippen LogP contribution in [0.2, 0.25) is 0 Å². The van der Waals surface area contributed by atoms with Crippen LogP contribution in [-0.4, -0.2) is 29.6 Å². The number of rotatable bonds is 7. The molecule has 0 saturated carbocycles. The van der Waals surface area contributed by atoms with Crippen LogP contribution in [0.4, 0.5) is 0 Å². The highest BCUT2D eigenvalue weighted by atomic mass is 127. The van der Waals surface area contributed by atoms with Gasteiger partial charge in [0.15, 0.2) is 0 Å². The third kappa shape index (κ3) is 5.88. The van der Waals surface area contributed by atoms with Crippen molar-refractivity contribution in [1.29, 1.82) is 0 Å². The normalized spacial score (nSPS) is 11.5. The van der Waals surface area contributed by atoms with Crippen molar-refractivity contribution in [2.24, 2.45) is 0 Å². The minimum atomic E-state index is -1.01. The Morgan fingerprint density at radius 3 is 2.24 bits per heavy atom. The van der Waals surface area contributed by atoms with Crippen molar-refractivity contribution in [3.63, 3.8) is 0 Å². The number of nitrogens with one attached hydrogen (secondary N) is 2. The first kappa shape index (κ1) is 21.0. The van der Waals surface area contributed by atoms with Gasteiger partial charge in [-0.2, -0.15) is 0 Å². The summed E-state index contributed by atoms with van der Waals surface area (Å²) in [5, 5.41) is 14.9. The van der Waals surface area contributed by atoms with Crippen LogP contribution in [0.5, 0.6) is 0 Å². The largest absolute Gasteiger partial charge is 0.394 e. The molecule has 0 heterocycles. The molecule has 0 fully saturated rings. The number of carbonyl (C=O) groups excluding carboxylic acids is 2. The number of hydrogen-bond acceptors (Lipinski definition) is 3. The van der Waals surface area contributed by atoms with Gasteiger partial charge in [0.1, 0.15) is 6.04 Å². The minimum Gasteiger partial charge on any atom is -0.394 e. The van der Waals surface area contributed by atoms with Gasteiger partial charge in [0.2, 0.25) is 5.91 Å². The van der Waals surface area contributed by atoms with Crippen LogP contribution in [0.3, 0.4) is 0 Å². The number of carbonyl (C=O) groups is 2. The van der Waals surface area contributed by atoms with Gasteiger partial charge < -0.3 is 15.7 Å². The first-order chi connectivity index (χ1) is 14.1. The third-order valence-corrected chi connectivity index (χ3v) is 5.09. The summed E-state index contributed by atoms with van der Waals surface area (Å²) in [5.41, 5.74) is 3.43. The molecule has 0 aliphatic carbocycles. The van der Waals surface area contributed by atoms with Crippen LogP contribution < -0.4 is 10.6 Å². The smallest absolute Gasteiger partial charge is 0.251 e. The fourth-order valence-electron chi connectivity index (χ4n) is 2.84. The van der Waals surface area contributed by atoms with Crippen molar-refractivity contribution in [1.82, 2.24) is 10.6 Å². The molecule has 1 atom stereocenters. The first-order valence-electron chi connectivity index (χ1n) is 9.16. The van der Waals surface area contributed by atoms with Gasteiger partial charge in [-0.05, 0) is 63.5 Å². The average molecular weight is 500 g/mol. The van der Waals surface area contributed by atoms with E-state index in [-0.39, 0.29) is 0 Å². The summed E-state index contributed by atoms with van der Waals surface area (Å²) >= 11 is 2.20. The lowest BCUT2D eigenvalue weighted by molar-refractivity contribution is -0.124. The standard InChI is InChI=1S/C23H21IN2O3/c24-20-8-4-5-16(13-20)14-25-23(29)21(15-27)26-22(28)19-11-9-18(10-12-19)17-6-2-1-3-7-17/h1-13,21,27H,14-15H2,(H,25,29)(H,26,28). The third-order valence-electron chi connectivity index (χ3n) is 4.41. The molecule has 3 rings (SSSR count).